The minimum absolute atomic E-state index is 0.0339. The number of amides is 1. The first-order chi connectivity index (χ1) is 9.10. The largest absolute Gasteiger partial charge is 0.383 e. The molecule has 1 aromatic carbocycles. The van der Waals surface area contributed by atoms with Crippen LogP contribution in [0.15, 0.2) is 18.2 Å². The van der Waals surface area contributed by atoms with Crippen molar-refractivity contribution in [1.82, 2.24) is 4.90 Å². The van der Waals surface area contributed by atoms with Gasteiger partial charge in [-0.2, -0.15) is 0 Å². The lowest BCUT2D eigenvalue weighted by Crippen LogP contribution is -2.36. The topological polar surface area (TPSA) is 38.8 Å². The third kappa shape index (κ3) is 4.65. The summed E-state index contributed by atoms with van der Waals surface area (Å²) in [6, 6.07) is 5.88. The van der Waals surface area contributed by atoms with E-state index in [0.717, 1.165) is 16.7 Å². The van der Waals surface area contributed by atoms with E-state index in [1.54, 1.807) is 19.1 Å². The molecule has 0 fully saturated rings. The monoisotopic (exact) mass is 265 g/mol. The lowest BCUT2D eigenvalue weighted by Gasteiger charge is -2.23. The fourth-order valence-corrected chi connectivity index (χ4v) is 1.94. The number of aryl methyl sites for hydroxylation is 2. The molecular formula is C15H23NO3. The summed E-state index contributed by atoms with van der Waals surface area (Å²) in [4.78, 5) is 14.3. The summed E-state index contributed by atoms with van der Waals surface area (Å²) in [7, 11) is 3.27. The van der Waals surface area contributed by atoms with Crippen molar-refractivity contribution in [1.29, 1.82) is 0 Å². The maximum Gasteiger partial charge on any atom is 0.254 e. The molecule has 1 amide bonds. The highest BCUT2D eigenvalue weighted by Crippen LogP contribution is 2.13. The Morgan fingerprint density at radius 2 is 1.68 bits per heavy atom. The van der Waals surface area contributed by atoms with Crippen LogP contribution in [0, 0.1) is 13.8 Å². The van der Waals surface area contributed by atoms with Crippen LogP contribution in [0.5, 0.6) is 0 Å². The molecule has 0 N–H and O–H groups in total. The maximum atomic E-state index is 12.5. The van der Waals surface area contributed by atoms with Gasteiger partial charge in [0.1, 0.15) is 0 Å². The van der Waals surface area contributed by atoms with Crippen LogP contribution in [0.4, 0.5) is 0 Å². The molecule has 0 aromatic heterocycles. The molecule has 0 bridgehead atoms. The summed E-state index contributed by atoms with van der Waals surface area (Å²) in [6.45, 7) is 6.19. The number of hydrogen-bond donors (Lipinski definition) is 0. The molecule has 0 aliphatic carbocycles. The fraction of sp³-hybridized carbons (Fsp3) is 0.533. The van der Waals surface area contributed by atoms with Crippen LogP contribution in [0.25, 0.3) is 0 Å². The third-order valence-electron chi connectivity index (χ3n) is 3.03. The molecule has 1 rings (SSSR count). The van der Waals surface area contributed by atoms with Crippen LogP contribution in [-0.2, 0) is 9.47 Å². The van der Waals surface area contributed by atoms with Gasteiger partial charge in [0.15, 0.2) is 0 Å². The summed E-state index contributed by atoms with van der Waals surface area (Å²) in [6.07, 6.45) is 0. The highest BCUT2D eigenvalue weighted by atomic mass is 16.5. The van der Waals surface area contributed by atoms with Gasteiger partial charge in [0.05, 0.1) is 13.2 Å². The Labute approximate surface area is 115 Å². The highest BCUT2D eigenvalue weighted by molar-refractivity contribution is 5.95. The Kier molecular flexibility index (Phi) is 6.53. The van der Waals surface area contributed by atoms with Crippen LogP contribution in [0.2, 0.25) is 0 Å². The molecule has 0 aliphatic rings. The molecule has 0 heterocycles. The van der Waals surface area contributed by atoms with Gasteiger partial charge in [-0.3, -0.25) is 4.79 Å². The number of carbonyl (C=O) groups is 1. The maximum absolute atomic E-state index is 12.5. The number of rotatable bonds is 7. The Bertz CT molecular complexity index is 410. The van der Waals surface area contributed by atoms with Crippen LogP contribution >= 0.6 is 0 Å². The SMILES string of the molecule is COCCN(CCOC)C(=O)c1ccc(C)cc1C. The minimum atomic E-state index is 0.0339. The zero-order valence-corrected chi connectivity index (χ0v) is 12.2. The van der Waals surface area contributed by atoms with Crippen molar-refractivity contribution in [3.8, 4) is 0 Å². The molecule has 4 nitrogen and oxygen atoms in total. The van der Waals surface area contributed by atoms with Gasteiger partial charge in [0.25, 0.3) is 5.91 Å². The van der Waals surface area contributed by atoms with Gasteiger partial charge < -0.3 is 14.4 Å². The number of nitrogens with zero attached hydrogens (tertiary/aromatic N) is 1. The highest BCUT2D eigenvalue weighted by Gasteiger charge is 2.17. The van der Waals surface area contributed by atoms with Gasteiger partial charge in [-0.05, 0) is 25.5 Å². The van der Waals surface area contributed by atoms with Crippen molar-refractivity contribution in [3.05, 3.63) is 34.9 Å². The second-order valence-corrected chi connectivity index (χ2v) is 4.60. The lowest BCUT2D eigenvalue weighted by molar-refractivity contribution is 0.0626. The average Bonchev–Trinajstić information content (AvgIpc) is 2.38. The number of hydrogen-bond acceptors (Lipinski definition) is 3. The fourth-order valence-electron chi connectivity index (χ4n) is 1.94. The van der Waals surface area contributed by atoms with Gasteiger partial charge in [0, 0.05) is 32.9 Å². The summed E-state index contributed by atoms with van der Waals surface area (Å²) in [5.41, 5.74) is 2.91. The summed E-state index contributed by atoms with van der Waals surface area (Å²) in [5, 5.41) is 0. The second kappa shape index (κ2) is 7.92. The van der Waals surface area contributed by atoms with E-state index in [1.807, 2.05) is 32.0 Å². The smallest absolute Gasteiger partial charge is 0.254 e. The summed E-state index contributed by atoms with van der Waals surface area (Å²) < 4.78 is 10.1. The molecule has 19 heavy (non-hydrogen) atoms. The van der Waals surface area contributed by atoms with Crippen molar-refractivity contribution in [2.75, 3.05) is 40.5 Å². The van der Waals surface area contributed by atoms with Crippen molar-refractivity contribution < 1.29 is 14.3 Å². The van der Waals surface area contributed by atoms with E-state index in [-0.39, 0.29) is 5.91 Å². The molecule has 106 valence electrons. The van der Waals surface area contributed by atoms with Crippen LogP contribution in [0.3, 0.4) is 0 Å². The number of carbonyl (C=O) groups excluding carboxylic acids is 1. The van der Waals surface area contributed by atoms with E-state index in [1.165, 1.54) is 0 Å². The molecule has 4 heteroatoms. The molecule has 0 spiro atoms. The third-order valence-corrected chi connectivity index (χ3v) is 3.03. The Morgan fingerprint density at radius 3 is 2.16 bits per heavy atom. The molecule has 0 radical (unpaired) electrons. The van der Waals surface area contributed by atoms with Gasteiger partial charge in [-0.1, -0.05) is 17.7 Å². The van der Waals surface area contributed by atoms with Crippen molar-refractivity contribution in [3.63, 3.8) is 0 Å². The number of benzene rings is 1. The van der Waals surface area contributed by atoms with E-state index < -0.39 is 0 Å². The average molecular weight is 265 g/mol. The van der Waals surface area contributed by atoms with E-state index >= 15 is 0 Å². The lowest BCUT2D eigenvalue weighted by atomic mass is 10.0. The van der Waals surface area contributed by atoms with E-state index in [4.69, 9.17) is 9.47 Å². The quantitative estimate of drug-likeness (QED) is 0.757. The van der Waals surface area contributed by atoms with Gasteiger partial charge >= 0.3 is 0 Å². The first kappa shape index (κ1) is 15.7. The number of methoxy groups -OCH3 is 2. The molecular weight excluding hydrogens is 242 g/mol. The van der Waals surface area contributed by atoms with Crippen LogP contribution in [0.1, 0.15) is 21.5 Å². The van der Waals surface area contributed by atoms with Crippen molar-refractivity contribution in [2.45, 2.75) is 13.8 Å². The molecule has 0 saturated heterocycles. The Morgan fingerprint density at radius 1 is 1.11 bits per heavy atom. The normalized spacial score (nSPS) is 10.5. The zero-order valence-electron chi connectivity index (χ0n) is 12.2. The molecule has 0 aliphatic heterocycles. The minimum Gasteiger partial charge on any atom is -0.383 e. The van der Waals surface area contributed by atoms with Crippen molar-refractivity contribution >= 4 is 5.91 Å². The molecule has 0 unspecified atom stereocenters. The zero-order chi connectivity index (χ0) is 14.3. The standard InChI is InChI=1S/C15H23NO3/c1-12-5-6-14(13(2)11-12)15(17)16(7-9-18-3)8-10-19-4/h5-6,11H,7-10H2,1-4H3. The van der Waals surface area contributed by atoms with E-state index in [0.29, 0.717) is 26.3 Å². The summed E-state index contributed by atoms with van der Waals surface area (Å²) in [5.74, 6) is 0.0339. The van der Waals surface area contributed by atoms with Gasteiger partial charge in [-0.25, -0.2) is 0 Å². The van der Waals surface area contributed by atoms with Gasteiger partial charge in [0.2, 0.25) is 0 Å². The van der Waals surface area contributed by atoms with E-state index in [2.05, 4.69) is 0 Å². The number of ether oxygens (including phenoxy) is 2. The predicted octanol–water partition coefficient (Wildman–Crippen LogP) is 2.04. The first-order valence-corrected chi connectivity index (χ1v) is 6.44. The molecule has 0 saturated carbocycles. The van der Waals surface area contributed by atoms with Crippen LogP contribution < -0.4 is 0 Å². The Balaban J connectivity index is 2.84. The molecule has 0 atom stereocenters. The Hall–Kier alpha value is -1.39. The second-order valence-electron chi connectivity index (χ2n) is 4.60. The summed E-state index contributed by atoms with van der Waals surface area (Å²) >= 11 is 0. The first-order valence-electron chi connectivity index (χ1n) is 6.44. The van der Waals surface area contributed by atoms with Gasteiger partial charge in [-0.15, -0.1) is 0 Å². The van der Waals surface area contributed by atoms with E-state index in [9.17, 15) is 4.79 Å². The van der Waals surface area contributed by atoms with Crippen LogP contribution in [-0.4, -0.2) is 51.3 Å². The van der Waals surface area contributed by atoms with Crippen molar-refractivity contribution in [2.24, 2.45) is 0 Å². The predicted molar refractivity (Wildman–Crippen MR) is 75.6 cm³/mol. The molecule has 1 aromatic rings.